The summed E-state index contributed by atoms with van der Waals surface area (Å²) >= 11 is 0. The standard InChI is InChI=1S/C32H33F7N2O4/c1-16(2)31(36)25(34)11-17(3)14-30(31,35)29(44,15-28(9-10-28)23-12-19(32(37,38)39)5-8-24(23)33)27(43)40-20-6-7-21-22(13-20)18(4)41-45-26(21)42/h5-8,12-13,16-17,25,44H,9-11,14-15H2,1-4H3,(H,40,43). The average Bonchev–Trinajstić information content (AvgIpc) is 3.72. The number of rotatable bonds is 7. The van der Waals surface area contributed by atoms with Gasteiger partial charge in [0.2, 0.25) is 0 Å². The highest BCUT2D eigenvalue weighted by atomic mass is 19.4. The average molecular weight is 643 g/mol. The zero-order chi connectivity index (χ0) is 33.3. The van der Waals surface area contributed by atoms with Crippen LogP contribution in [0.15, 0.2) is 45.7 Å². The van der Waals surface area contributed by atoms with Gasteiger partial charge in [-0.15, -0.1) is 0 Å². The largest absolute Gasteiger partial charge is 0.416 e. The van der Waals surface area contributed by atoms with Crippen molar-refractivity contribution in [2.75, 3.05) is 5.32 Å². The van der Waals surface area contributed by atoms with Gasteiger partial charge in [0.1, 0.15) is 12.0 Å². The quantitative estimate of drug-likeness (QED) is 0.264. The molecule has 2 aliphatic carbocycles. The number of carbonyl (C=O) groups excluding carboxylic acids is 1. The molecule has 5 unspecified atom stereocenters. The summed E-state index contributed by atoms with van der Waals surface area (Å²) in [6.07, 6.45) is -9.64. The molecule has 1 aromatic heterocycles. The highest BCUT2D eigenvalue weighted by molar-refractivity contribution is 6.00. The normalized spacial score (nSPS) is 27.8. The maximum Gasteiger partial charge on any atom is 0.416 e. The van der Waals surface area contributed by atoms with Crippen molar-refractivity contribution in [3.8, 4) is 0 Å². The number of benzene rings is 2. The highest BCUT2D eigenvalue weighted by Crippen LogP contribution is 2.62. The topological polar surface area (TPSA) is 92.4 Å². The minimum atomic E-state index is -4.86. The van der Waals surface area contributed by atoms with Crippen LogP contribution in [0.1, 0.15) is 69.7 Å². The van der Waals surface area contributed by atoms with Gasteiger partial charge in [-0.05, 0) is 92.8 Å². The molecule has 2 aliphatic rings. The van der Waals surface area contributed by atoms with Gasteiger partial charge in [-0.2, -0.15) is 13.2 Å². The molecule has 1 amide bonds. The van der Waals surface area contributed by atoms with Gasteiger partial charge in [-0.3, -0.25) is 4.79 Å². The molecule has 0 radical (unpaired) electrons. The molecular formula is C32H33F7N2O4. The Bertz CT molecular complexity index is 1710. The van der Waals surface area contributed by atoms with Crippen LogP contribution in [0.4, 0.5) is 36.4 Å². The summed E-state index contributed by atoms with van der Waals surface area (Å²) < 4.78 is 111. The summed E-state index contributed by atoms with van der Waals surface area (Å²) in [5, 5.41) is 18.6. The molecule has 13 heteroatoms. The van der Waals surface area contributed by atoms with Crippen molar-refractivity contribution in [1.29, 1.82) is 0 Å². The molecule has 0 aliphatic heterocycles. The first kappa shape index (κ1) is 32.9. The van der Waals surface area contributed by atoms with E-state index in [-0.39, 0.29) is 35.0 Å². The number of nitrogens with zero attached hydrogens (tertiary/aromatic N) is 1. The van der Waals surface area contributed by atoms with Crippen LogP contribution >= 0.6 is 0 Å². The fraction of sp³-hybridized carbons (Fsp3) is 0.531. The Morgan fingerprint density at radius 3 is 2.40 bits per heavy atom. The molecule has 0 bridgehead atoms. The van der Waals surface area contributed by atoms with E-state index in [0.29, 0.717) is 18.2 Å². The predicted molar refractivity (Wildman–Crippen MR) is 151 cm³/mol. The van der Waals surface area contributed by atoms with E-state index in [9.17, 15) is 27.9 Å². The lowest BCUT2D eigenvalue weighted by atomic mass is 9.56. The van der Waals surface area contributed by atoms with Crippen molar-refractivity contribution in [3.05, 3.63) is 69.5 Å². The van der Waals surface area contributed by atoms with E-state index in [1.54, 1.807) is 0 Å². The van der Waals surface area contributed by atoms with Crippen molar-refractivity contribution < 1.29 is 45.2 Å². The SMILES string of the molecule is Cc1noc(=O)c2ccc(NC(=O)C(O)(CC3(c4cc(C(F)(F)F)ccc4F)CC3)C3(F)CC(C)CC(F)C3(F)C(C)C)cc12. The molecule has 0 saturated heterocycles. The number of aliphatic hydroxyl groups is 1. The van der Waals surface area contributed by atoms with E-state index in [2.05, 4.69) is 15.0 Å². The zero-order valence-corrected chi connectivity index (χ0v) is 25.0. The molecule has 244 valence electrons. The number of carbonyl (C=O) groups is 1. The number of aryl methyl sites for hydroxylation is 1. The summed E-state index contributed by atoms with van der Waals surface area (Å²) in [5.41, 5.74) is -14.4. The zero-order valence-electron chi connectivity index (χ0n) is 25.0. The van der Waals surface area contributed by atoms with E-state index in [0.717, 1.165) is 0 Å². The molecule has 1 heterocycles. The van der Waals surface area contributed by atoms with Crippen LogP contribution in [0.25, 0.3) is 10.8 Å². The Balaban J connectivity index is 1.66. The number of alkyl halides is 6. The van der Waals surface area contributed by atoms with Gasteiger partial charge >= 0.3 is 11.8 Å². The second-order valence-electron chi connectivity index (χ2n) is 13.0. The van der Waals surface area contributed by atoms with Crippen LogP contribution in [0.3, 0.4) is 0 Å². The third-order valence-corrected chi connectivity index (χ3v) is 9.64. The van der Waals surface area contributed by atoms with Crippen LogP contribution < -0.4 is 10.9 Å². The van der Waals surface area contributed by atoms with E-state index < -0.39 is 94.3 Å². The van der Waals surface area contributed by atoms with Crippen molar-refractivity contribution in [1.82, 2.24) is 5.16 Å². The maximum absolute atomic E-state index is 17.7. The molecule has 2 saturated carbocycles. The Morgan fingerprint density at radius 1 is 1.13 bits per heavy atom. The van der Waals surface area contributed by atoms with E-state index >= 15 is 17.6 Å². The Kier molecular flexibility index (Phi) is 7.90. The van der Waals surface area contributed by atoms with E-state index in [4.69, 9.17) is 0 Å². The summed E-state index contributed by atoms with van der Waals surface area (Å²) in [6, 6.07) is 5.49. The monoisotopic (exact) mass is 642 g/mol. The first-order valence-corrected chi connectivity index (χ1v) is 14.6. The predicted octanol–water partition coefficient (Wildman–Crippen LogP) is 7.29. The van der Waals surface area contributed by atoms with Crippen molar-refractivity contribution in [2.45, 2.75) is 94.5 Å². The molecule has 5 atom stereocenters. The lowest BCUT2D eigenvalue weighted by molar-refractivity contribution is -0.237. The lowest BCUT2D eigenvalue weighted by Gasteiger charge is -2.55. The number of hydrogen-bond donors (Lipinski definition) is 2. The van der Waals surface area contributed by atoms with Gasteiger partial charge in [-0.1, -0.05) is 25.9 Å². The molecule has 5 rings (SSSR count). The van der Waals surface area contributed by atoms with Gasteiger partial charge in [0.05, 0.1) is 16.6 Å². The van der Waals surface area contributed by atoms with Gasteiger partial charge in [0.25, 0.3) is 5.91 Å². The van der Waals surface area contributed by atoms with Crippen LogP contribution in [0.5, 0.6) is 0 Å². The number of aromatic nitrogens is 1. The fourth-order valence-electron chi connectivity index (χ4n) is 7.03. The fourth-order valence-corrected chi connectivity index (χ4v) is 7.03. The molecule has 3 aromatic rings. The summed E-state index contributed by atoms with van der Waals surface area (Å²) in [5.74, 6) is -4.82. The van der Waals surface area contributed by atoms with Crippen LogP contribution in [0.2, 0.25) is 0 Å². The van der Waals surface area contributed by atoms with Crippen molar-refractivity contribution in [3.63, 3.8) is 0 Å². The Morgan fingerprint density at radius 2 is 1.80 bits per heavy atom. The van der Waals surface area contributed by atoms with Gasteiger partial charge in [0.15, 0.2) is 16.9 Å². The molecule has 0 spiro atoms. The van der Waals surface area contributed by atoms with Gasteiger partial charge < -0.3 is 14.9 Å². The minimum absolute atomic E-state index is 0.0525. The van der Waals surface area contributed by atoms with Crippen LogP contribution in [-0.2, 0) is 16.4 Å². The first-order chi connectivity index (χ1) is 20.8. The van der Waals surface area contributed by atoms with Crippen LogP contribution in [0, 0.1) is 24.6 Å². The summed E-state index contributed by atoms with van der Waals surface area (Å²) in [7, 11) is 0. The number of anilines is 1. The summed E-state index contributed by atoms with van der Waals surface area (Å²) in [4.78, 5) is 26.2. The minimum Gasteiger partial charge on any atom is -0.377 e. The molecule has 45 heavy (non-hydrogen) atoms. The summed E-state index contributed by atoms with van der Waals surface area (Å²) in [6.45, 7) is 5.36. The van der Waals surface area contributed by atoms with E-state index in [1.807, 2.05) is 0 Å². The third kappa shape index (κ3) is 5.20. The third-order valence-electron chi connectivity index (χ3n) is 9.64. The van der Waals surface area contributed by atoms with Crippen LogP contribution in [-0.4, -0.2) is 39.3 Å². The van der Waals surface area contributed by atoms with Crippen molar-refractivity contribution >= 4 is 22.4 Å². The molecule has 2 fully saturated rings. The second-order valence-corrected chi connectivity index (χ2v) is 13.0. The van der Waals surface area contributed by atoms with E-state index in [1.165, 1.54) is 45.9 Å². The number of amides is 1. The number of nitrogens with one attached hydrogen (secondary N) is 1. The smallest absolute Gasteiger partial charge is 0.377 e. The molecular weight excluding hydrogens is 609 g/mol. The second kappa shape index (κ2) is 10.8. The molecule has 6 nitrogen and oxygen atoms in total. The number of halogens is 7. The maximum atomic E-state index is 17.7. The van der Waals surface area contributed by atoms with Gasteiger partial charge in [0, 0.05) is 16.5 Å². The molecule has 2 aromatic carbocycles. The number of fused-ring (bicyclic) bond motifs is 1. The first-order valence-electron chi connectivity index (χ1n) is 14.6. The number of hydrogen-bond acceptors (Lipinski definition) is 5. The Hall–Kier alpha value is -3.48. The van der Waals surface area contributed by atoms with Crippen molar-refractivity contribution in [2.24, 2.45) is 11.8 Å². The lowest BCUT2D eigenvalue weighted by Crippen LogP contribution is -2.74. The Labute approximate surface area is 254 Å². The molecule has 2 N–H and O–H groups in total. The highest BCUT2D eigenvalue weighted by Gasteiger charge is 2.75. The van der Waals surface area contributed by atoms with Gasteiger partial charge in [-0.25, -0.2) is 22.4 Å².